The minimum Gasteiger partial charge on any atom is -0.459 e. The van der Waals surface area contributed by atoms with Gasteiger partial charge in [-0.15, -0.1) is 12.4 Å². The van der Waals surface area contributed by atoms with E-state index in [4.69, 9.17) is 9.47 Å². The van der Waals surface area contributed by atoms with Gasteiger partial charge in [-0.3, -0.25) is 9.80 Å². The molecule has 290 valence electrons. The van der Waals surface area contributed by atoms with Gasteiger partial charge in [-0.1, -0.05) is 61.5 Å². The van der Waals surface area contributed by atoms with Gasteiger partial charge < -0.3 is 19.3 Å². The van der Waals surface area contributed by atoms with Crippen LogP contribution < -0.4 is 9.80 Å². The van der Waals surface area contributed by atoms with E-state index in [-0.39, 0.29) is 36.6 Å². The van der Waals surface area contributed by atoms with E-state index in [0.29, 0.717) is 23.0 Å². The summed E-state index contributed by atoms with van der Waals surface area (Å²) in [6, 6.07) is 26.7. The fraction of sp³-hybridized carbons (Fsp3) is 0.442. The molecule has 1 atom stereocenters. The van der Waals surface area contributed by atoms with Crippen LogP contribution in [0.3, 0.4) is 0 Å². The van der Waals surface area contributed by atoms with Gasteiger partial charge in [0, 0.05) is 77.8 Å². The number of halogens is 1. The molecular formula is C43H57ClN6O4. The largest absolute Gasteiger partial charge is 0.459 e. The molecule has 2 aromatic heterocycles. The molecule has 0 amide bonds. The molecule has 54 heavy (non-hydrogen) atoms. The standard InChI is InChI=1S/C22H29N3O2.C21H27N3O2.ClH/c1-4-18-8-5-6-9-19(18)16-24-12-14-25(15-13-24)21-20(10-7-11-23-21)22(26)27-17(2)3;1-16(2)26-21(25)19-10-7-12-22-20(19)23(3)18-11-13-24(15-18)14-17-8-5-4-6-9-17;/h5-11,17H,4,12-16H2,1-3H3;4-10,12,16,18H,11,13-15H2,1-3H3;1H/t;18-;/m.0./s1. The Labute approximate surface area is 327 Å². The van der Waals surface area contributed by atoms with Crippen molar-refractivity contribution in [2.24, 2.45) is 0 Å². The summed E-state index contributed by atoms with van der Waals surface area (Å²) in [7, 11) is 2.02. The number of carbonyl (C=O) groups excluding carboxylic acids is 2. The lowest BCUT2D eigenvalue weighted by Crippen LogP contribution is -2.46. The Hall–Kier alpha value is -4.51. The molecule has 4 aromatic rings. The van der Waals surface area contributed by atoms with Crippen LogP contribution in [0, 0.1) is 0 Å². The maximum absolute atomic E-state index is 12.4. The predicted molar refractivity (Wildman–Crippen MR) is 219 cm³/mol. The second-order valence-corrected chi connectivity index (χ2v) is 14.3. The number of likely N-dealkylation sites (N-methyl/N-ethyl adjacent to an activating group) is 1. The Bertz CT molecular complexity index is 1770. The number of benzene rings is 2. The molecule has 0 N–H and O–H groups in total. The molecule has 0 spiro atoms. The van der Waals surface area contributed by atoms with Crippen molar-refractivity contribution in [3.63, 3.8) is 0 Å². The maximum atomic E-state index is 12.4. The zero-order chi connectivity index (χ0) is 37.7. The molecule has 4 heterocycles. The smallest absolute Gasteiger partial charge is 0.342 e. The third-order valence-electron chi connectivity index (χ3n) is 9.64. The van der Waals surface area contributed by atoms with Crippen molar-refractivity contribution >= 4 is 36.0 Å². The Morgan fingerprint density at radius 1 is 0.722 bits per heavy atom. The summed E-state index contributed by atoms with van der Waals surface area (Å²) in [5.41, 5.74) is 5.24. The van der Waals surface area contributed by atoms with E-state index in [9.17, 15) is 9.59 Å². The average Bonchev–Trinajstić information content (AvgIpc) is 3.63. The fourth-order valence-corrected chi connectivity index (χ4v) is 6.90. The molecule has 2 aromatic carbocycles. The van der Waals surface area contributed by atoms with Crippen LogP contribution in [0.15, 0.2) is 91.3 Å². The summed E-state index contributed by atoms with van der Waals surface area (Å²) in [6.45, 7) is 17.2. The minimum absolute atomic E-state index is 0. The number of anilines is 2. The number of pyridine rings is 2. The molecule has 2 aliphatic heterocycles. The highest BCUT2D eigenvalue weighted by atomic mass is 35.5. The number of rotatable bonds is 12. The zero-order valence-corrected chi connectivity index (χ0v) is 33.5. The normalized spacial score (nSPS) is 16.0. The lowest BCUT2D eigenvalue weighted by Gasteiger charge is -2.36. The molecule has 10 nitrogen and oxygen atoms in total. The van der Waals surface area contributed by atoms with Crippen LogP contribution in [-0.4, -0.2) is 96.3 Å². The van der Waals surface area contributed by atoms with E-state index in [2.05, 4.69) is 85.0 Å². The number of nitrogens with zero attached hydrogens (tertiary/aromatic N) is 6. The monoisotopic (exact) mass is 756 g/mol. The summed E-state index contributed by atoms with van der Waals surface area (Å²) < 4.78 is 10.8. The van der Waals surface area contributed by atoms with E-state index < -0.39 is 0 Å². The third-order valence-corrected chi connectivity index (χ3v) is 9.64. The van der Waals surface area contributed by atoms with Crippen molar-refractivity contribution in [1.29, 1.82) is 0 Å². The molecule has 11 heteroatoms. The van der Waals surface area contributed by atoms with Gasteiger partial charge in [-0.2, -0.15) is 0 Å². The first-order valence-corrected chi connectivity index (χ1v) is 19.0. The van der Waals surface area contributed by atoms with E-state index in [1.807, 2.05) is 40.8 Å². The lowest BCUT2D eigenvalue weighted by molar-refractivity contribution is 0.0367. The summed E-state index contributed by atoms with van der Waals surface area (Å²) >= 11 is 0. The van der Waals surface area contributed by atoms with E-state index in [1.165, 1.54) is 16.7 Å². The Morgan fingerprint density at radius 2 is 1.31 bits per heavy atom. The highest BCUT2D eigenvalue weighted by molar-refractivity contribution is 5.95. The number of ether oxygens (including phenoxy) is 2. The number of hydrogen-bond acceptors (Lipinski definition) is 10. The van der Waals surface area contributed by atoms with E-state index in [0.717, 1.165) is 71.0 Å². The van der Waals surface area contributed by atoms with Gasteiger partial charge >= 0.3 is 11.9 Å². The number of aromatic nitrogens is 2. The zero-order valence-electron chi connectivity index (χ0n) is 32.7. The van der Waals surface area contributed by atoms with Crippen molar-refractivity contribution in [3.8, 4) is 0 Å². The van der Waals surface area contributed by atoms with Crippen molar-refractivity contribution in [2.75, 3.05) is 56.1 Å². The summed E-state index contributed by atoms with van der Waals surface area (Å²) in [5, 5.41) is 0. The van der Waals surface area contributed by atoms with E-state index in [1.54, 1.807) is 36.7 Å². The number of aryl methyl sites for hydroxylation is 1. The first-order chi connectivity index (χ1) is 25.6. The van der Waals surface area contributed by atoms with Gasteiger partial charge in [-0.05, 0) is 81.5 Å². The minimum atomic E-state index is -0.311. The van der Waals surface area contributed by atoms with Gasteiger partial charge in [0.15, 0.2) is 0 Å². The predicted octanol–water partition coefficient (Wildman–Crippen LogP) is 7.31. The van der Waals surface area contributed by atoms with E-state index >= 15 is 0 Å². The van der Waals surface area contributed by atoms with Crippen molar-refractivity contribution in [2.45, 2.75) is 78.8 Å². The molecule has 0 radical (unpaired) electrons. The topological polar surface area (TPSA) is 91.3 Å². The SMILES string of the molecule is CC(C)OC(=O)c1cccnc1N(C)[C@H]1CCN(Cc2ccccc2)C1.CCc1ccccc1CN1CCN(c2ncccc2C(=O)OC(C)C)CC1.Cl. The number of hydrogen-bond donors (Lipinski definition) is 0. The molecule has 0 aliphatic carbocycles. The molecule has 2 aliphatic rings. The maximum Gasteiger partial charge on any atom is 0.342 e. The van der Waals surface area contributed by atoms with Gasteiger partial charge in [0.25, 0.3) is 0 Å². The van der Waals surface area contributed by atoms with Crippen LogP contribution >= 0.6 is 12.4 Å². The number of piperazine rings is 1. The second kappa shape index (κ2) is 20.8. The van der Waals surface area contributed by atoms with Crippen LogP contribution in [0.4, 0.5) is 11.6 Å². The van der Waals surface area contributed by atoms with Crippen molar-refractivity contribution in [3.05, 3.63) is 119 Å². The Balaban J connectivity index is 0.000000236. The van der Waals surface area contributed by atoms with Crippen LogP contribution in [0.5, 0.6) is 0 Å². The molecule has 0 saturated carbocycles. The van der Waals surface area contributed by atoms with Crippen LogP contribution in [0.1, 0.15) is 78.4 Å². The molecule has 6 rings (SSSR count). The summed E-state index contributed by atoms with van der Waals surface area (Å²) in [4.78, 5) is 43.0. The highest BCUT2D eigenvalue weighted by Gasteiger charge is 2.29. The Morgan fingerprint density at radius 3 is 1.96 bits per heavy atom. The first-order valence-electron chi connectivity index (χ1n) is 19.0. The van der Waals surface area contributed by atoms with Gasteiger partial charge in [0.2, 0.25) is 0 Å². The van der Waals surface area contributed by atoms with Gasteiger partial charge in [-0.25, -0.2) is 19.6 Å². The number of esters is 2. The first kappa shape index (κ1) is 42.2. The number of carbonyl (C=O) groups is 2. The second-order valence-electron chi connectivity index (χ2n) is 14.3. The Kier molecular flexibility index (Phi) is 16.3. The van der Waals surface area contributed by atoms with Crippen LogP contribution in [0.25, 0.3) is 0 Å². The number of likely N-dealkylation sites (tertiary alicyclic amines) is 1. The molecule has 2 fully saturated rings. The lowest BCUT2D eigenvalue weighted by atomic mass is 10.0. The van der Waals surface area contributed by atoms with Gasteiger partial charge in [0.1, 0.15) is 22.8 Å². The van der Waals surface area contributed by atoms with Gasteiger partial charge in [0.05, 0.1) is 12.2 Å². The molecule has 0 unspecified atom stereocenters. The quantitative estimate of drug-likeness (QED) is 0.137. The highest BCUT2D eigenvalue weighted by Crippen LogP contribution is 2.25. The fourth-order valence-electron chi connectivity index (χ4n) is 6.90. The molecule has 2 saturated heterocycles. The summed E-state index contributed by atoms with van der Waals surface area (Å²) in [5.74, 6) is 0.822. The summed E-state index contributed by atoms with van der Waals surface area (Å²) in [6.07, 6.45) is 5.30. The van der Waals surface area contributed by atoms with Crippen molar-refractivity contribution in [1.82, 2.24) is 19.8 Å². The van der Waals surface area contributed by atoms with Crippen LogP contribution in [0.2, 0.25) is 0 Å². The average molecular weight is 757 g/mol. The molecular weight excluding hydrogens is 700 g/mol. The van der Waals surface area contributed by atoms with Crippen LogP contribution in [-0.2, 0) is 29.0 Å². The third kappa shape index (κ3) is 11.7. The molecule has 0 bridgehead atoms. The van der Waals surface area contributed by atoms with Crippen molar-refractivity contribution < 1.29 is 19.1 Å².